The molecule has 3 heteroatoms. The topological polar surface area (TPSA) is 57.5 Å². The Labute approximate surface area is 78.8 Å². The van der Waals surface area contributed by atoms with E-state index in [4.69, 9.17) is 0 Å². The molecule has 0 aromatic carbocycles. The van der Waals surface area contributed by atoms with Crippen LogP contribution in [0.2, 0.25) is 0 Å². The summed E-state index contributed by atoms with van der Waals surface area (Å²) in [5.74, 6) is -0.0419. The van der Waals surface area contributed by atoms with Gasteiger partial charge in [-0.3, -0.25) is 4.79 Å². The molecule has 0 aromatic heterocycles. The molecule has 0 amide bonds. The normalized spacial score (nSPS) is 41.2. The monoisotopic (exact) mass is 186 g/mol. The highest BCUT2D eigenvalue weighted by Gasteiger charge is 2.44. The minimum atomic E-state index is -1.22. The fourth-order valence-electron chi connectivity index (χ4n) is 1.90. The lowest BCUT2D eigenvalue weighted by Gasteiger charge is -2.37. The lowest BCUT2D eigenvalue weighted by atomic mass is 9.72. The number of carbonyl (C=O) groups excluding carboxylic acids is 1. The molecule has 1 fully saturated rings. The summed E-state index contributed by atoms with van der Waals surface area (Å²) in [4.78, 5) is 11.6. The summed E-state index contributed by atoms with van der Waals surface area (Å²) < 4.78 is 0. The zero-order valence-corrected chi connectivity index (χ0v) is 8.45. The molecule has 0 unspecified atom stereocenters. The van der Waals surface area contributed by atoms with E-state index in [1.165, 1.54) is 6.92 Å². The van der Waals surface area contributed by atoms with E-state index in [9.17, 15) is 15.0 Å². The number of hydrogen-bond donors (Lipinski definition) is 2. The lowest BCUT2D eigenvalue weighted by Crippen LogP contribution is -2.52. The first-order valence-electron chi connectivity index (χ1n) is 4.80. The van der Waals surface area contributed by atoms with Gasteiger partial charge in [-0.25, -0.2) is 0 Å². The molecule has 1 saturated carbocycles. The molecular formula is C10H18O3. The summed E-state index contributed by atoms with van der Waals surface area (Å²) >= 11 is 0. The van der Waals surface area contributed by atoms with Crippen molar-refractivity contribution in [3.8, 4) is 0 Å². The summed E-state index contributed by atoms with van der Waals surface area (Å²) in [6.45, 7) is 5.46. The van der Waals surface area contributed by atoms with Gasteiger partial charge in [0, 0.05) is 5.92 Å². The fourth-order valence-corrected chi connectivity index (χ4v) is 1.90. The molecule has 0 aliphatic heterocycles. The Hall–Kier alpha value is -0.410. The average molecular weight is 186 g/mol. The SMILES string of the molecule is CC(C)[C@@H]1CC[C@](C)(O)[C@H](O)C1=O. The smallest absolute Gasteiger partial charge is 0.167 e. The molecule has 2 N–H and O–H groups in total. The first-order valence-corrected chi connectivity index (χ1v) is 4.80. The van der Waals surface area contributed by atoms with Gasteiger partial charge in [0.05, 0.1) is 5.60 Å². The van der Waals surface area contributed by atoms with E-state index in [-0.39, 0.29) is 17.6 Å². The molecule has 0 bridgehead atoms. The van der Waals surface area contributed by atoms with Crippen LogP contribution in [0, 0.1) is 11.8 Å². The zero-order chi connectivity index (χ0) is 10.2. The third kappa shape index (κ3) is 1.92. The largest absolute Gasteiger partial charge is 0.387 e. The maximum atomic E-state index is 11.6. The molecule has 0 spiro atoms. The summed E-state index contributed by atoms with van der Waals surface area (Å²) in [5, 5.41) is 19.2. The van der Waals surface area contributed by atoms with Gasteiger partial charge < -0.3 is 10.2 Å². The Morgan fingerprint density at radius 2 is 2.08 bits per heavy atom. The third-order valence-corrected chi connectivity index (χ3v) is 2.99. The second kappa shape index (κ2) is 3.39. The van der Waals surface area contributed by atoms with Gasteiger partial charge in [0.25, 0.3) is 0 Å². The molecule has 0 heterocycles. The second-order valence-corrected chi connectivity index (χ2v) is 4.55. The van der Waals surface area contributed by atoms with E-state index < -0.39 is 11.7 Å². The van der Waals surface area contributed by atoms with Crippen LogP contribution in [0.1, 0.15) is 33.6 Å². The molecule has 0 aromatic rings. The van der Waals surface area contributed by atoms with Gasteiger partial charge in [-0.1, -0.05) is 13.8 Å². The Morgan fingerprint density at radius 3 is 2.54 bits per heavy atom. The van der Waals surface area contributed by atoms with Crippen molar-refractivity contribution < 1.29 is 15.0 Å². The van der Waals surface area contributed by atoms with Crippen LogP contribution in [0.5, 0.6) is 0 Å². The quantitative estimate of drug-likeness (QED) is 0.635. The molecule has 0 radical (unpaired) electrons. The van der Waals surface area contributed by atoms with Crippen molar-refractivity contribution in [2.75, 3.05) is 0 Å². The maximum Gasteiger partial charge on any atom is 0.167 e. The first-order chi connectivity index (χ1) is 5.86. The number of aliphatic hydroxyl groups excluding tert-OH is 1. The van der Waals surface area contributed by atoms with Crippen LogP contribution in [0.3, 0.4) is 0 Å². The van der Waals surface area contributed by atoms with E-state index in [0.717, 1.165) is 0 Å². The number of carbonyl (C=O) groups is 1. The number of aliphatic hydroxyl groups is 2. The van der Waals surface area contributed by atoms with Crippen molar-refractivity contribution in [2.45, 2.75) is 45.3 Å². The molecular weight excluding hydrogens is 168 g/mol. The Balaban J connectivity index is 2.77. The highest BCUT2D eigenvalue weighted by atomic mass is 16.3. The van der Waals surface area contributed by atoms with Gasteiger partial charge in [-0.15, -0.1) is 0 Å². The van der Waals surface area contributed by atoms with Gasteiger partial charge in [0.1, 0.15) is 6.10 Å². The highest BCUT2D eigenvalue weighted by molar-refractivity contribution is 5.87. The van der Waals surface area contributed by atoms with E-state index in [1.807, 2.05) is 13.8 Å². The van der Waals surface area contributed by atoms with E-state index in [0.29, 0.717) is 12.8 Å². The third-order valence-electron chi connectivity index (χ3n) is 2.99. The molecule has 3 nitrogen and oxygen atoms in total. The summed E-state index contributed by atoms with van der Waals surface area (Å²) in [5.41, 5.74) is -1.22. The van der Waals surface area contributed by atoms with Crippen LogP contribution in [0.25, 0.3) is 0 Å². The summed E-state index contributed by atoms with van der Waals surface area (Å²) in [6.07, 6.45) is -0.0165. The van der Waals surface area contributed by atoms with Gasteiger partial charge >= 0.3 is 0 Å². The first kappa shape index (κ1) is 10.7. The molecule has 1 rings (SSSR count). The van der Waals surface area contributed by atoms with Crippen molar-refractivity contribution in [3.05, 3.63) is 0 Å². The fraction of sp³-hybridized carbons (Fsp3) is 0.900. The number of ketones is 1. The lowest BCUT2D eigenvalue weighted by molar-refractivity contribution is -0.156. The second-order valence-electron chi connectivity index (χ2n) is 4.55. The predicted octanol–water partition coefficient (Wildman–Crippen LogP) is 0.733. The molecule has 13 heavy (non-hydrogen) atoms. The van der Waals surface area contributed by atoms with Crippen molar-refractivity contribution >= 4 is 5.78 Å². The molecule has 1 aliphatic rings. The maximum absolute atomic E-state index is 11.6. The van der Waals surface area contributed by atoms with Crippen molar-refractivity contribution in [3.63, 3.8) is 0 Å². The van der Waals surface area contributed by atoms with Crippen LogP contribution in [0.15, 0.2) is 0 Å². The van der Waals surface area contributed by atoms with Gasteiger partial charge in [-0.2, -0.15) is 0 Å². The summed E-state index contributed by atoms with van der Waals surface area (Å²) in [7, 11) is 0. The van der Waals surface area contributed by atoms with Crippen LogP contribution in [-0.4, -0.2) is 27.7 Å². The molecule has 1 aliphatic carbocycles. The predicted molar refractivity (Wildman–Crippen MR) is 49.2 cm³/mol. The number of Topliss-reactive ketones (excluding diaryl/α,β-unsaturated/α-hetero) is 1. The van der Waals surface area contributed by atoms with Crippen LogP contribution in [-0.2, 0) is 4.79 Å². The van der Waals surface area contributed by atoms with Crippen LogP contribution in [0.4, 0.5) is 0 Å². The molecule has 3 atom stereocenters. The minimum Gasteiger partial charge on any atom is -0.387 e. The van der Waals surface area contributed by atoms with E-state index in [2.05, 4.69) is 0 Å². The Bertz CT molecular complexity index is 204. The van der Waals surface area contributed by atoms with E-state index >= 15 is 0 Å². The average Bonchev–Trinajstić information content (AvgIpc) is 2.00. The molecule has 0 saturated heterocycles. The minimum absolute atomic E-state index is 0.0878. The van der Waals surface area contributed by atoms with Crippen molar-refractivity contribution in [2.24, 2.45) is 11.8 Å². The summed E-state index contributed by atoms with van der Waals surface area (Å²) in [6, 6.07) is 0. The van der Waals surface area contributed by atoms with Crippen molar-refractivity contribution in [1.29, 1.82) is 0 Å². The van der Waals surface area contributed by atoms with Crippen molar-refractivity contribution in [1.82, 2.24) is 0 Å². The van der Waals surface area contributed by atoms with E-state index in [1.54, 1.807) is 0 Å². The Kier molecular flexibility index (Phi) is 2.78. The van der Waals surface area contributed by atoms with Crippen LogP contribution < -0.4 is 0 Å². The van der Waals surface area contributed by atoms with Gasteiger partial charge in [0.15, 0.2) is 5.78 Å². The Morgan fingerprint density at radius 1 is 1.54 bits per heavy atom. The number of rotatable bonds is 1. The van der Waals surface area contributed by atoms with Crippen LogP contribution >= 0.6 is 0 Å². The van der Waals surface area contributed by atoms with Gasteiger partial charge in [0.2, 0.25) is 0 Å². The van der Waals surface area contributed by atoms with Gasteiger partial charge in [-0.05, 0) is 25.7 Å². The zero-order valence-electron chi connectivity index (χ0n) is 8.45. The highest BCUT2D eigenvalue weighted by Crippen LogP contribution is 2.33. The standard InChI is InChI=1S/C10H18O3/c1-6(2)7-4-5-10(3,13)9(12)8(7)11/h6-7,9,12-13H,4-5H2,1-3H3/t7-,9+,10-/m0/s1. The molecule has 76 valence electrons. The number of hydrogen-bond acceptors (Lipinski definition) is 3.